The summed E-state index contributed by atoms with van der Waals surface area (Å²) in [4.78, 5) is 22.2. The quantitative estimate of drug-likeness (QED) is 0.844. The summed E-state index contributed by atoms with van der Waals surface area (Å²) in [7, 11) is 0. The minimum absolute atomic E-state index is 0.168. The molecular formula is C12H9FN2O3. The Bertz CT molecular complexity index is 565. The summed E-state index contributed by atoms with van der Waals surface area (Å²) < 4.78 is 13.0. The van der Waals surface area contributed by atoms with Crippen LogP contribution in [0.1, 0.15) is 12.0 Å². The van der Waals surface area contributed by atoms with Crippen molar-refractivity contribution in [3.8, 4) is 6.07 Å². The normalized spacial score (nSPS) is 20.9. The molecule has 0 saturated heterocycles. The van der Waals surface area contributed by atoms with Gasteiger partial charge in [-0.05, 0) is 24.6 Å². The number of carbonyl (C=O) groups excluding carboxylic acids is 1. The largest absolute Gasteiger partial charge is 0.481 e. The van der Waals surface area contributed by atoms with Gasteiger partial charge in [0, 0.05) is 5.69 Å². The molecule has 18 heavy (non-hydrogen) atoms. The summed E-state index contributed by atoms with van der Waals surface area (Å²) in [5.74, 6) is -3.26. The van der Waals surface area contributed by atoms with Crippen molar-refractivity contribution in [1.29, 1.82) is 5.26 Å². The van der Waals surface area contributed by atoms with E-state index in [1.54, 1.807) is 6.07 Å². The van der Waals surface area contributed by atoms with Gasteiger partial charge in [-0.1, -0.05) is 0 Å². The van der Waals surface area contributed by atoms with Crippen molar-refractivity contribution in [3.63, 3.8) is 0 Å². The van der Waals surface area contributed by atoms with Crippen LogP contribution in [0.4, 0.5) is 10.1 Å². The van der Waals surface area contributed by atoms with E-state index in [2.05, 4.69) is 5.32 Å². The minimum atomic E-state index is -0.994. The number of benzene rings is 1. The van der Waals surface area contributed by atoms with Crippen LogP contribution in [0, 0.1) is 29.0 Å². The van der Waals surface area contributed by atoms with Crippen molar-refractivity contribution in [2.45, 2.75) is 6.42 Å². The molecule has 0 aliphatic heterocycles. The first-order valence-electron chi connectivity index (χ1n) is 5.26. The lowest BCUT2D eigenvalue weighted by Gasteiger charge is -2.04. The molecule has 2 rings (SSSR count). The zero-order valence-electron chi connectivity index (χ0n) is 9.18. The molecule has 0 bridgehead atoms. The Labute approximate surface area is 102 Å². The number of carboxylic acid groups (broad SMARTS) is 1. The topological polar surface area (TPSA) is 90.2 Å². The second kappa shape index (κ2) is 4.45. The van der Waals surface area contributed by atoms with Gasteiger partial charge in [0.15, 0.2) is 0 Å². The maximum absolute atomic E-state index is 13.0. The lowest BCUT2D eigenvalue weighted by Crippen LogP contribution is -2.16. The van der Waals surface area contributed by atoms with Crippen molar-refractivity contribution < 1.29 is 19.1 Å². The predicted octanol–water partition coefficient (Wildman–Crippen LogP) is 1.36. The van der Waals surface area contributed by atoms with Gasteiger partial charge in [-0.3, -0.25) is 9.59 Å². The number of carbonyl (C=O) groups is 2. The smallest absolute Gasteiger partial charge is 0.307 e. The van der Waals surface area contributed by atoms with Crippen LogP contribution in [0.3, 0.4) is 0 Å². The number of hydrogen-bond acceptors (Lipinski definition) is 3. The number of nitrogens with one attached hydrogen (secondary N) is 1. The number of nitrogens with zero attached hydrogens (tertiary/aromatic N) is 1. The molecule has 5 nitrogen and oxygen atoms in total. The molecule has 0 radical (unpaired) electrons. The number of amides is 1. The third-order valence-electron chi connectivity index (χ3n) is 2.80. The molecule has 2 N–H and O–H groups in total. The average Bonchev–Trinajstić information content (AvgIpc) is 3.11. The standard InChI is InChI=1S/C12H9FN2O3/c13-10-2-1-7(3-6(10)5-14)15-11(16)8-4-9(8)12(17)18/h1-3,8-9H,4H2,(H,15,16)(H,17,18)/t8-,9+/m1/s1. The van der Waals surface area contributed by atoms with E-state index in [1.807, 2.05) is 0 Å². The van der Waals surface area contributed by atoms with Crippen molar-refractivity contribution >= 4 is 17.6 Å². The zero-order chi connectivity index (χ0) is 13.3. The first-order valence-corrected chi connectivity index (χ1v) is 5.26. The van der Waals surface area contributed by atoms with Gasteiger partial charge in [-0.25, -0.2) is 4.39 Å². The lowest BCUT2D eigenvalue weighted by molar-refractivity contribution is -0.139. The summed E-state index contributed by atoms with van der Waals surface area (Å²) in [5, 5.41) is 19.8. The van der Waals surface area contributed by atoms with Crippen molar-refractivity contribution in [1.82, 2.24) is 0 Å². The molecule has 6 heteroatoms. The van der Waals surface area contributed by atoms with E-state index in [4.69, 9.17) is 10.4 Å². The number of hydrogen-bond donors (Lipinski definition) is 2. The molecule has 1 amide bonds. The number of nitriles is 1. The lowest BCUT2D eigenvalue weighted by atomic mass is 10.2. The van der Waals surface area contributed by atoms with Gasteiger partial charge in [0.1, 0.15) is 11.9 Å². The fourth-order valence-corrected chi connectivity index (χ4v) is 1.68. The van der Waals surface area contributed by atoms with Gasteiger partial charge in [-0.2, -0.15) is 5.26 Å². The van der Waals surface area contributed by atoms with Gasteiger partial charge < -0.3 is 10.4 Å². The average molecular weight is 248 g/mol. The zero-order valence-corrected chi connectivity index (χ0v) is 9.18. The fourth-order valence-electron chi connectivity index (χ4n) is 1.68. The molecule has 1 saturated carbocycles. The first kappa shape index (κ1) is 12.0. The minimum Gasteiger partial charge on any atom is -0.481 e. The Morgan fingerprint density at radius 2 is 2.17 bits per heavy atom. The Kier molecular flexibility index (Phi) is 2.98. The van der Waals surface area contributed by atoms with E-state index in [0.29, 0.717) is 6.42 Å². The highest BCUT2D eigenvalue weighted by molar-refractivity contribution is 5.98. The molecule has 1 aliphatic carbocycles. The second-order valence-corrected chi connectivity index (χ2v) is 4.08. The van der Waals surface area contributed by atoms with Crippen LogP contribution >= 0.6 is 0 Å². The maximum atomic E-state index is 13.0. The molecule has 1 aromatic carbocycles. The number of rotatable bonds is 3. The van der Waals surface area contributed by atoms with E-state index in [0.717, 1.165) is 6.07 Å². The highest BCUT2D eigenvalue weighted by Gasteiger charge is 2.48. The predicted molar refractivity (Wildman–Crippen MR) is 59.0 cm³/mol. The SMILES string of the molecule is N#Cc1cc(NC(=O)[C@@H]2C[C@@H]2C(=O)O)ccc1F. The Morgan fingerprint density at radius 3 is 2.72 bits per heavy atom. The van der Waals surface area contributed by atoms with E-state index in [9.17, 15) is 14.0 Å². The molecule has 1 aliphatic rings. The van der Waals surface area contributed by atoms with Gasteiger partial charge in [0.25, 0.3) is 0 Å². The molecule has 1 aromatic rings. The van der Waals surface area contributed by atoms with Crippen LogP contribution < -0.4 is 5.32 Å². The summed E-state index contributed by atoms with van der Waals surface area (Å²) in [6.07, 6.45) is 0.313. The van der Waals surface area contributed by atoms with Crippen molar-refractivity contribution in [3.05, 3.63) is 29.6 Å². The molecule has 0 aromatic heterocycles. The monoisotopic (exact) mass is 248 g/mol. The van der Waals surface area contributed by atoms with E-state index in [1.165, 1.54) is 12.1 Å². The fraction of sp³-hybridized carbons (Fsp3) is 0.250. The number of anilines is 1. The second-order valence-electron chi connectivity index (χ2n) is 4.08. The van der Waals surface area contributed by atoms with Crippen LogP contribution in [0.5, 0.6) is 0 Å². The Hall–Kier alpha value is -2.42. The van der Waals surface area contributed by atoms with E-state index >= 15 is 0 Å². The van der Waals surface area contributed by atoms with Gasteiger partial charge in [0.2, 0.25) is 5.91 Å². The summed E-state index contributed by atoms with van der Waals surface area (Å²) in [6.45, 7) is 0. The molecule has 0 heterocycles. The van der Waals surface area contributed by atoms with Crippen molar-refractivity contribution in [2.75, 3.05) is 5.32 Å². The number of aliphatic carboxylic acids is 1. The molecule has 2 atom stereocenters. The molecule has 0 unspecified atom stereocenters. The molecule has 92 valence electrons. The highest BCUT2D eigenvalue weighted by atomic mass is 19.1. The summed E-state index contributed by atoms with van der Waals surface area (Å²) in [6, 6.07) is 5.28. The molecular weight excluding hydrogens is 239 g/mol. The highest BCUT2D eigenvalue weighted by Crippen LogP contribution is 2.39. The van der Waals surface area contributed by atoms with E-state index < -0.39 is 29.5 Å². The Balaban J connectivity index is 2.05. The summed E-state index contributed by atoms with van der Waals surface area (Å²) >= 11 is 0. The van der Waals surface area contributed by atoms with Crippen LogP contribution in [0.15, 0.2) is 18.2 Å². The van der Waals surface area contributed by atoms with Crippen LogP contribution in [0.2, 0.25) is 0 Å². The van der Waals surface area contributed by atoms with Gasteiger partial charge in [-0.15, -0.1) is 0 Å². The van der Waals surface area contributed by atoms with Crippen molar-refractivity contribution in [2.24, 2.45) is 11.8 Å². The van der Waals surface area contributed by atoms with Gasteiger partial charge >= 0.3 is 5.97 Å². The molecule has 1 fully saturated rings. The number of carboxylic acids is 1. The summed E-state index contributed by atoms with van der Waals surface area (Å²) in [5.41, 5.74) is 0.118. The third-order valence-corrected chi connectivity index (χ3v) is 2.80. The van der Waals surface area contributed by atoms with Crippen LogP contribution in [0.25, 0.3) is 0 Å². The van der Waals surface area contributed by atoms with E-state index in [-0.39, 0.29) is 11.3 Å². The number of halogens is 1. The third kappa shape index (κ3) is 2.30. The molecule has 0 spiro atoms. The maximum Gasteiger partial charge on any atom is 0.307 e. The first-order chi connectivity index (χ1) is 8.52. The van der Waals surface area contributed by atoms with Gasteiger partial charge in [0.05, 0.1) is 17.4 Å². The van der Waals surface area contributed by atoms with Crippen LogP contribution in [-0.4, -0.2) is 17.0 Å². The van der Waals surface area contributed by atoms with Crippen LogP contribution in [-0.2, 0) is 9.59 Å². The Morgan fingerprint density at radius 1 is 1.44 bits per heavy atom.